The summed E-state index contributed by atoms with van der Waals surface area (Å²) in [4.78, 5) is 36.6. The molecule has 0 aliphatic carbocycles. The fourth-order valence-corrected chi connectivity index (χ4v) is 3.28. The molecule has 146 valence electrons. The van der Waals surface area contributed by atoms with Gasteiger partial charge in [0.05, 0.1) is 11.5 Å². The predicted octanol–water partition coefficient (Wildman–Crippen LogP) is 3.06. The second-order valence-corrected chi connectivity index (χ2v) is 6.99. The van der Waals surface area contributed by atoms with Gasteiger partial charge in [-0.25, -0.2) is 4.79 Å². The van der Waals surface area contributed by atoms with Crippen molar-refractivity contribution in [3.63, 3.8) is 0 Å². The van der Waals surface area contributed by atoms with Crippen molar-refractivity contribution in [3.05, 3.63) is 69.3 Å². The molecule has 0 aromatic heterocycles. The van der Waals surface area contributed by atoms with Crippen LogP contribution in [0.15, 0.2) is 42.5 Å². The number of amides is 3. The van der Waals surface area contributed by atoms with E-state index in [1.54, 1.807) is 6.92 Å². The number of urea groups is 1. The quantitative estimate of drug-likeness (QED) is 0.469. The number of nitrogens with zero attached hydrogens (tertiary/aromatic N) is 2. The number of carbonyl (C=O) groups excluding carboxylic acids is 2. The van der Waals surface area contributed by atoms with Gasteiger partial charge < -0.3 is 10.1 Å². The van der Waals surface area contributed by atoms with Gasteiger partial charge in [-0.2, -0.15) is 0 Å². The van der Waals surface area contributed by atoms with Crippen LogP contribution in [0, 0.1) is 24.0 Å². The van der Waals surface area contributed by atoms with Gasteiger partial charge in [-0.3, -0.25) is 19.8 Å². The lowest BCUT2D eigenvalue weighted by Crippen LogP contribution is -2.41. The van der Waals surface area contributed by atoms with Crippen LogP contribution in [0.2, 0.25) is 0 Å². The van der Waals surface area contributed by atoms with Crippen molar-refractivity contribution in [3.8, 4) is 5.75 Å². The van der Waals surface area contributed by atoms with E-state index in [0.29, 0.717) is 11.3 Å². The molecule has 1 aliphatic heterocycles. The van der Waals surface area contributed by atoms with E-state index in [4.69, 9.17) is 4.74 Å². The van der Waals surface area contributed by atoms with E-state index in [1.807, 2.05) is 32.0 Å². The van der Waals surface area contributed by atoms with Crippen molar-refractivity contribution in [1.29, 1.82) is 0 Å². The normalized spacial score (nSPS) is 18.9. The van der Waals surface area contributed by atoms with E-state index >= 15 is 0 Å². The van der Waals surface area contributed by atoms with Crippen LogP contribution in [0.25, 0.3) is 0 Å². The molecule has 1 heterocycles. The second-order valence-electron chi connectivity index (χ2n) is 6.99. The minimum atomic E-state index is -1.27. The minimum Gasteiger partial charge on any atom is -0.492 e. The molecule has 2 aromatic rings. The van der Waals surface area contributed by atoms with Gasteiger partial charge in [0.25, 0.3) is 11.6 Å². The van der Waals surface area contributed by atoms with Crippen molar-refractivity contribution in [2.45, 2.75) is 26.3 Å². The Kier molecular flexibility index (Phi) is 5.04. The maximum atomic E-state index is 12.9. The molecule has 1 N–H and O–H groups in total. The highest BCUT2D eigenvalue weighted by Gasteiger charge is 2.48. The third-order valence-electron chi connectivity index (χ3n) is 4.71. The average molecular weight is 383 g/mol. The summed E-state index contributed by atoms with van der Waals surface area (Å²) in [6, 6.07) is 10.9. The molecular weight excluding hydrogens is 362 g/mol. The molecule has 0 bridgehead atoms. The Hall–Kier alpha value is -3.42. The van der Waals surface area contributed by atoms with Crippen LogP contribution in [-0.4, -0.2) is 34.9 Å². The maximum absolute atomic E-state index is 12.9. The number of nitrogens with one attached hydrogen (secondary N) is 1. The Morgan fingerprint density at radius 3 is 2.29 bits per heavy atom. The summed E-state index contributed by atoms with van der Waals surface area (Å²) in [5, 5.41) is 13.5. The van der Waals surface area contributed by atoms with Crippen molar-refractivity contribution in [1.82, 2.24) is 10.2 Å². The van der Waals surface area contributed by atoms with Crippen molar-refractivity contribution < 1.29 is 19.2 Å². The van der Waals surface area contributed by atoms with Crippen LogP contribution in [0.3, 0.4) is 0 Å². The number of benzene rings is 2. The number of imide groups is 1. The van der Waals surface area contributed by atoms with Gasteiger partial charge in [0.1, 0.15) is 17.9 Å². The summed E-state index contributed by atoms with van der Waals surface area (Å²) in [7, 11) is 0. The number of carbonyl (C=O) groups is 2. The van der Waals surface area contributed by atoms with Crippen LogP contribution in [0.1, 0.15) is 23.6 Å². The zero-order chi connectivity index (χ0) is 20.5. The van der Waals surface area contributed by atoms with Crippen LogP contribution < -0.4 is 10.1 Å². The number of non-ortho nitro benzene ring substituents is 1. The standard InChI is InChI=1S/C20H21N3O5/c1-13-10-14(2)12-17(11-13)28-9-8-22-18(24)20(3,21-19(22)25)15-4-6-16(7-5-15)23(26)27/h4-7,10-12H,8-9H2,1-3H3,(H,21,25)/t20-/m1/s1. The molecule has 1 atom stereocenters. The first-order chi connectivity index (χ1) is 13.2. The average Bonchev–Trinajstić information content (AvgIpc) is 2.85. The topological polar surface area (TPSA) is 102 Å². The molecule has 1 aliphatic rings. The van der Waals surface area contributed by atoms with Crippen molar-refractivity contribution >= 4 is 17.6 Å². The van der Waals surface area contributed by atoms with Crippen LogP contribution in [0.5, 0.6) is 5.75 Å². The summed E-state index contributed by atoms with van der Waals surface area (Å²) in [5.41, 5.74) is 1.26. The molecule has 2 aromatic carbocycles. The Balaban J connectivity index is 1.69. The molecule has 3 rings (SSSR count). The number of hydrogen-bond donors (Lipinski definition) is 1. The highest BCUT2D eigenvalue weighted by Crippen LogP contribution is 2.30. The zero-order valence-corrected chi connectivity index (χ0v) is 15.9. The molecule has 1 fully saturated rings. The Bertz CT molecular complexity index is 921. The summed E-state index contributed by atoms with van der Waals surface area (Å²) in [5.74, 6) is 0.262. The third kappa shape index (κ3) is 3.66. The van der Waals surface area contributed by atoms with Gasteiger partial charge >= 0.3 is 6.03 Å². The van der Waals surface area contributed by atoms with Crippen LogP contribution in [0.4, 0.5) is 10.5 Å². The van der Waals surface area contributed by atoms with Crippen LogP contribution in [-0.2, 0) is 10.3 Å². The second kappa shape index (κ2) is 7.30. The Morgan fingerprint density at radius 2 is 1.71 bits per heavy atom. The van der Waals surface area contributed by atoms with E-state index in [1.165, 1.54) is 24.3 Å². The third-order valence-corrected chi connectivity index (χ3v) is 4.71. The van der Waals surface area contributed by atoms with E-state index in [9.17, 15) is 19.7 Å². The molecular formula is C20H21N3O5. The van der Waals surface area contributed by atoms with E-state index in [2.05, 4.69) is 5.32 Å². The maximum Gasteiger partial charge on any atom is 0.325 e. The van der Waals surface area contributed by atoms with E-state index in [0.717, 1.165) is 16.0 Å². The number of nitro benzene ring substituents is 1. The van der Waals surface area contributed by atoms with E-state index < -0.39 is 22.4 Å². The largest absolute Gasteiger partial charge is 0.492 e. The molecule has 3 amide bonds. The van der Waals surface area contributed by atoms with Gasteiger partial charge in [0, 0.05) is 12.1 Å². The lowest BCUT2D eigenvalue weighted by Gasteiger charge is -2.22. The molecule has 0 unspecified atom stereocenters. The molecule has 0 radical (unpaired) electrons. The summed E-state index contributed by atoms with van der Waals surface area (Å²) in [6.45, 7) is 5.78. The smallest absolute Gasteiger partial charge is 0.325 e. The number of hydrogen-bond acceptors (Lipinski definition) is 5. The molecule has 8 heteroatoms. The number of ether oxygens (including phenoxy) is 1. The van der Waals surface area contributed by atoms with Gasteiger partial charge in [-0.1, -0.05) is 6.07 Å². The molecule has 8 nitrogen and oxygen atoms in total. The molecule has 1 saturated heterocycles. The van der Waals surface area contributed by atoms with Crippen molar-refractivity contribution in [2.24, 2.45) is 0 Å². The first kappa shape index (κ1) is 19.3. The fourth-order valence-electron chi connectivity index (χ4n) is 3.28. The molecule has 0 spiro atoms. The van der Waals surface area contributed by atoms with Crippen LogP contribution >= 0.6 is 0 Å². The van der Waals surface area contributed by atoms with Crippen molar-refractivity contribution in [2.75, 3.05) is 13.2 Å². The Labute approximate surface area is 162 Å². The molecule has 0 saturated carbocycles. The highest BCUT2D eigenvalue weighted by molar-refractivity contribution is 6.07. The van der Waals surface area contributed by atoms with Gasteiger partial charge in [-0.15, -0.1) is 0 Å². The number of nitro groups is 1. The zero-order valence-electron chi connectivity index (χ0n) is 15.9. The SMILES string of the molecule is Cc1cc(C)cc(OCCN2C(=O)N[C@](C)(c3ccc([N+](=O)[O-])cc3)C2=O)c1. The fraction of sp³-hybridized carbons (Fsp3) is 0.300. The highest BCUT2D eigenvalue weighted by atomic mass is 16.6. The first-order valence-corrected chi connectivity index (χ1v) is 8.81. The van der Waals surface area contributed by atoms with E-state index in [-0.39, 0.29) is 18.8 Å². The minimum absolute atomic E-state index is 0.0807. The number of aryl methyl sites for hydroxylation is 2. The van der Waals surface area contributed by atoms with Gasteiger partial charge in [0.15, 0.2) is 0 Å². The lowest BCUT2D eigenvalue weighted by molar-refractivity contribution is -0.384. The summed E-state index contributed by atoms with van der Waals surface area (Å²) < 4.78 is 5.69. The monoisotopic (exact) mass is 383 g/mol. The number of rotatable bonds is 6. The predicted molar refractivity (Wildman–Crippen MR) is 102 cm³/mol. The van der Waals surface area contributed by atoms with Gasteiger partial charge in [0.2, 0.25) is 0 Å². The summed E-state index contributed by atoms with van der Waals surface area (Å²) in [6.07, 6.45) is 0. The Morgan fingerprint density at radius 1 is 1.11 bits per heavy atom. The lowest BCUT2D eigenvalue weighted by atomic mass is 9.92. The first-order valence-electron chi connectivity index (χ1n) is 8.81. The summed E-state index contributed by atoms with van der Waals surface area (Å²) >= 11 is 0. The van der Waals surface area contributed by atoms with Gasteiger partial charge in [-0.05, 0) is 61.7 Å². The molecule has 28 heavy (non-hydrogen) atoms.